The quantitative estimate of drug-likeness (QED) is 0.793. The van der Waals surface area contributed by atoms with Crippen LogP contribution in [0.25, 0.3) is 0 Å². The first kappa shape index (κ1) is 13.4. The highest BCUT2D eigenvalue weighted by molar-refractivity contribution is 6.28. The number of hydrogen-bond acceptors (Lipinski definition) is 6. The van der Waals surface area contributed by atoms with Crippen molar-refractivity contribution in [3.8, 4) is 0 Å². The molecule has 3 N–H and O–H groups in total. The number of nitrogens with zero attached hydrogens (tertiary/aromatic N) is 4. The molecule has 7 nitrogen and oxygen atoms in total. The largest absolute Gasteiger partial charge is 0.368 e. The van der Waals surface area contributed by atoms with Gasteiger partial charge in [0.15, 0.2) is 0 Å². The van der Waals surface area contributed by atoms with Crippen molar-refractivity contribution in [2.24, 2.45) is 0 Å². The summed E-state index contributed by atoms with van der Waals surface area (Å²) in [5.74, 6) is 0.162. The normalized spacial score (nSPS) is 10.4. The molecule has 0 saturated heterocycles. The minimum absolute atomic E-state index is 0.00335. The summed E-state index contributed by atoms with van der Waals surface area (Å²) < 4.78 is 0. The second-order valence-electron chi connectivity index (χ2n) is 3.84. The number of nitrogens with two attached hydrogens (primary N) is 1. The second-order valence-corrected chi connectivity index (χ2v) is 4.18. The van der Waals surface area contributed by atoms with Crippen molar-refractivity contribution in [3.63, 3.8) is 0 Å². The summed E-state index contributed by atoms with van der Waals surface area (Å²) in [4.78, 5) is 24.5. The van der Waals surface area contributed by atoms with Gasteiger partial charge >= 0.3 is 0 Å². The fraction of sp³-hybridized carbons (Fsp3) is 0.556. The summed E-state index contributed by atoms with van der Waals surface area (Å²) in [6.45, 7) is 3.89. The molecule has 0 saturated carbocycles. The molecule has 0 radical (unpaired) electrons. The van der Waals surface area contributed by atoms with E-state index in [0.717, 1.165) is 0 Å². The topological polar surface area (TPSA) is 97.0 Å². The lowest BCUT2D eigenvalue weighted by molar-refractivity contribution is -0.120. The van der Waals surface area contributed by atoms with Crippen molar-refractivity contribution in [1.82, 2.24) is 20.3 Å². The number of nitrogen functional groups attached to an aromatic ring is 1. The maximum Gasteiger partial charge on any atom is 0.239 e. The van der Waals surface area contributed by atoms with Crippen molar-refractivity contribution in [3.05, 3.63) is 5.28 Å². The average molecular weight is 259 g/mol. The predicted molar refractivity (Wildman–Crippen MR) is 65.8 cm³/mol. The predicted octanol–water partition coefficient (Wildman–Crippen LogP) is 0.0680. The summed E-state index contributed by atoms with van der Waals surface area (Å²) in [6.07, 6.45) is 0. The van der Waals surface area contributed by atoms with Crippen LogP contribution in [0.15, 0.2) is 0 Å². The van der Waals surface area contributed by atoms with E-state index in [1.807, 2.05) is 13.8 Å². The molecule has 0 atom stereocenters. The first-order valence-electron chi connectivity index (χ1n) is 5.06. The van der Waals surface area contributed by atoms with Gasteiger partial charge in [0, 0.05) is 13.1 Å². The highest BCUT2D eigenvalue weighted by Crippen LogP contribution is 2.10. The average Bonchev–Trinajstić information content (AvgIpc) is 2.14. The molecule has 1 rings (SSSR count). The van der Waals surface area contributed by atoms with E-state index in [2.05, 4.69) is 20.3 Å². The minimum Gasteiger partial charge on any atom is -0.368 e. The number of likely N-dealkylation sites (N-methyl/N-ethyl adjacent to an activating group) is 1. The maximum atomic E-state index is 11.5. The third-order valence-corrected chi connectivity index (χ3v) is 1.95. The zero-order valence-corrected chi connectivity index (χ0v) is 10.7. The molecule has 1 heterocycles. The molecule has 1 aromatic heterocycles. The molecule has 1 aromatic rings. The lowest BCUT2D eigenvalue weighted by Crippen LogP contribution is -2.39. The Hall–Kier alpha value is -1.63. The smallest absolute Gasteiger partial charge is 0.239 e. The van der Waals surface area contributed by atoms with Crippen LogP contribution in [0.4, 0.5) is 11.9 Å². The van der Waals surface area contributed by atoms with Crippen molar-refractivity contribution in [2.75, 3.05) is 24.2 Å². The molecule has 0 aliphatic carbocycles. The van der Waals surface area contributed by atoms with Crippen LogP contribution in [-0.2, 0) is 4.79 Å². The highest BCUT2D eigenvalue weighted by Gasteiger charge is 2.12. The molecular formula is C9H15ClN6O. The van der Waals surface area contributed by atoms with E-state index < -0.39 is 0 Å². The number of halogens is 1. The van der Waals surface area contributed by atoms with E-state index in [0.29, 0.717) is 0 Å². The Morgan fingerprint density at radius 1 is 1.47 bits per heavy atom. The van der Waals surface area contributed by atoms with E-state index in [4.69, 9.17) is 17.3 Å². The van der Waals surface area contributed by atoms with Gasteiger partial charge in [-0.25, -0.2) is 0 Å². The molecule has 17 heavy (non-hydrogen) atoms. The fourth-order valence-corrected chi connectivity index (χ4v) is 1.34. The standard InChI is InChI=1S/C9H15ClN6O/c1-5(2)12-6(17)4-16(3)9-14-7(10)13-8(11)15-9/h5H,4H2,1-3H3,(H,12,17)(H2,11,13,14,15). The van der Waals surface area contributed by atoms with Gasteiger partial charge in [0.1, 0.15) is 0 Å². The minimum atomic E-state index is -0.127. The third-order valence-electron chi connectivity index (χ3n) is 1.79. The molecule has 1 amide bonds. The van der Waals surface area contributed by atoms with Crippen LogP contribution in [0.3, 0.4) is 0 Å². The Labute approximate surface area is 104 Å². The van der Waals surface area contributed by atoms with Gasteiger partial charge in [-0.2, -0.15) is 15.0 Å². The SMILES string of the molecule is CC(C)NC(=O)CN(C)c1nc(N)nc(Cl)n1. The Balaban J connectivity index is 2.69. The maximum absolute atomic E-state index is 11.5. The van der Waals surface area contributed by atoms with Gasteiger partial charge in [-0.3, -0.25) is 4.79 Å². The van der Waals surface area contributed by atoms with Crippen LogP contribution in [0.5, 0.6) is 0 Å². The number of carbonyl (C=O) groups is 1. The van der Waals surface area contributed by atoms with Gasteiger partial charge in [0.25, 0.3) is 0 Å². The van der Waals surface area contributed by atoms with E-state index in [1.54, 1.807) is 11.9 Å². The van der Waals surface area contributed by atoms with Crippen molar-refractivity contribution in [1.29, 1.82) is 0 Å². The van der Waals surface area contributed by atoms with Crippen LogP contribution in [0.2, 0.25) is 5.28 Å². The van der Waals surface area contributed by atoms with E-state index in [-0.39, 0.29) is 35.7 Å². The highest BCUT2D eigenvalue weighted by atomic mass is 35.5. The molecule has 0 fully saturated rings. The molecule has 0 aromatic carbocycles. The number of carbonyl (C=O) groups excluding carboxylic acids is 1. The van der Waals surface area contributed by atoms with Crippen LogP contribution in [0, 0.1) is 0 Å². The van der Waals surface area contributed by atoms with Crippen LogP contribution < -0.4 is 16.0 Å². The monoisotopic (exact) mass is 258 g/mol. The molecule has 0 aliphatic heterocycles. The van der Waals surface area contributed by atoms with E-state index in [9.17, 15) is 4.79 Å². The Morgan fingerprint density at radius 3 is 2.65 bits per heavy atom. The van der Waals surface area contributed by atoms with Crippen LogP contribution in [0.1, 0.15) is 13.8 Å². The Morgan fingerprint density at radius 2 is 2.12 bits per heavy atom. The molecule has 8 heteroatoms. The second kappa shape index (κ2) is 5.62. The van der Waals surface area contributed by atoms with Gasteiger partial charge in [-0.05, 0) is 25.4 Å². The zero-order chi connectivity index (χ0) is 13.0. The van der Waals surface area contributed by atoms with Gasteiger partial charge < -0.3 is 16.0 Å². The van der Waals surface area contributed by atoms with Crippen molar-refractivity contribution >= 4 is 29.4 Å². The first-order chi connectivity index (χ1) is 7.88. The molecule has 0 unspecified atom stereocenters. The van der Waals surface area contributed by atoms with Gasteiger partial charge in [-0.15, -0.1) is 0 Å². The zero-order valence-electron chi connectivity index (χ0n) is 9.94. The van der Waals surface area contributed by atoms with Crippen molar-refractivity contribution < 1.29 is 4.79 Å². The van der Waals surface area contributed by atoms with Crippen LogP contribution >= 0.6 is 11.6 Å². The molecule has 0 spiro atoms. The Kier molecular flexibility index (Phi) is 4.45. The van der Waals surface area contributed by atoms with E-state index in [1.165, 1.54) is 0 Å². The van der Waals surface area contributed by atoms with Gasteiger partial charge in [-0.1, -0.05) is 0 Å². The number of amides is 1. The van der Waals surface area contributed by atoms with E-state index >= 15 is 0 Å². The number of nitrogens with one attached hydrogen (secondary N) is 1. The summed E-state index contributed by atoms with van der Waals surface area (Å²) in [6, 6.07) is 0.0860. The summed E-state index contributed by atoms with van der Waals surface area (Å²) in [5, 5.41) is 2.76. The van der Waals surface area contributed by atoms with Gasteiger partial charge in [0.2, 0.25) is 23.1 Å². The number of aromatic nitrogens is 3. The van der Waals surface area contributed by atoms with Gasteiger partial charge in [0.05, 0.1) is 6.54 Å². The number of anilines is 2. The molecule has 0 aliphatic rings. The summed E-state index contributed by atoms with van der Waals surface area (Å²) in [7, 11) is 1.67. The lowest BCUT2D eigenvalue weighted by atomic mass is 10.4. The molecule has 94 valence electrons. The Bertz CT molecular complexity index is 390. The van der Waals surface area contributed by atoms with Crippen molar-refractivity contribution in [2.45, 2.75) is 19.9 Å². The number of hydrogen-bond donors (Lipinski definition) is 2. The third kappa shape index (κ3) is 4.39. The fourth-order valence-electron chi connectivity index (χ4n) is 1.18. The summed E-state index contributed by atoms with van der Waals surface area (Å²) >= 11 is 5.65. The molecule has 0 bridgehead atoms. The first-order valence-corrected chi connectivity index (χ1v) is 5.44. The lowest BCUT2D eigenvalue weighted by Gasteiger charge is -2.17. The molecular weight excluding hydrogens is 244 g/mol. The number of rotatable bonds is 4. The summed E-state index contributed by atoms with van der Waals surface area (Å²) in [5.41, 5.74) is 5.43. The van der Waals surface area contributed by atoms with Crippen LogP contribution in [-0.4, -0.2) is 40.5 Å².